The largest absolute Gasteiger partial charge is 0.352 e. The van der Waals surface area contributed by atoms with Gasteiger partial charge in [-0.25, -0.2) is 13.1 Å². The van der Waals surface area contributed by atoms with Crippen molar-refractivity contribution >= 4 is 27.5 Å². The van der Waals surface area contributed by atoms with E-state index in [4.69, 9.17) is 11.6 Å². The van der Waals surface area contributed by atoms with Crippen LogP contribution in [-0.4, -0.2) is 27.4 Å². The van der Waals surface area contributed by atoms with Gasteiger partial charge in [-0.3, -0.25) is 4.79 Å². The molecule has 5 nitrogen and oxygen atoms in total. The molecule has 1 amide bonds. The lowest BCUT2D eigenvalue weighted by molar-refractivity contribution is 0.0954. The van der Waals surface area contributed by atoms with Gasteiger partial charge in [-0.05, 0) is 42.3 Å². The van der Waals surface area contributed by atoms with Gasteiger partial charge in [0.15, 0.2) is 0 Å². The molecule has 128 valence electrons. The van der Waals surface area contributed by atoms with Gasteiger partial charge in [-0.2, -0.15) is 0 Å². The van der Waals surface area contributed by atoms with Gasteiger partial charge in [-0.1, -0.05) is 36.7 Å². The van der Waals surface area contributed by atoms with Crippen LogP contribution in [0.1, 0.15) is 22.8 Å². The molecule has 0 aliphatic rings. The third-order valence-corrected chi connectivity index (χ3v) is 5.11. The third kappa shape index (κ3) is 5.06. The zero-order valence-electron chi connectivity index (χ0n) is 13.3. The number of carbonyl (C=O) groups excluding carboxylic acids is 1. The standard InChI is InChI=1S/C17H19ClN2O3S/c1-2-20-24(22,23)16-8-4-6-14(12-16)17(21)19-10-9-13-5-3-7-15(18)11-13/h3-8,11-12,20H,2,9-10H2,1H3,(H,19,21). The first kappa shape index (κ1) is 18.4. The minimum absolute atomic E-state index is 0.0758. The Hall–Kier alpha value is -1.89. The molecule has 0 bridgehead atoms. The molecule has 0 heterocycles. The normalized spacial score (nSPS) is 11.2. The van der Waals surface area contributed by atoms with Crippen molar-refractivity contribution in [2.24, 2.45) is 0 Å². The molecule has 0 saturated carbocycles. The average molecular weight is 367 g/mol. The first-order chi connectivity index (χ1) is 11.4. The molecule has 0 aliphatic carbocycles. The highest BCUT2D eigenvalue weighted by molar-refractivity contribution is 7.89. The van der Waals surface area contributed by atoms with E-state index in [1.807, 2.05) is 18.2 Å². The summed E-state index contributed by atoms with van der Waals surface area (Å²) >= 11 is 5.92. The van der Waals surface area contributed by atoms with Crippen molar-refractivity contribution < 1.29 is 13.2 Å². The second kappa shape index (κ2) is 8.28. The molecule has 0 atom stereocenters. The van der Waals surface area contributed by atoms with Crippen molar-refractivity contribution in [1.82, 2.24) is 10.0 Å². The number of nitrogens with one attached hydrogen (secondary N) is 2. The van der Waals surface area contributed by atoms with Crippen molar-refractivity contribution in [2.75, 3.05) is 13.1 Å². The van der Waals surface area contributed by atoms with Gasteiger partial charge in [0, 0.05) is 23.7 Å². The highest BCUT2D eigenvalue weighted by Crippen LogP contribution is 2.12. The molecule has 7 heteroatoms. The maximum atomic E-state index is 12.2. The summed E-state index contributed by atoms with van der Waals surface area (Å²) in [4.78, 5) is 12.3. The number of sulfonamides is 1. The molecule has 2 N–H and O–H groups in total. The van der Waals surface area contributed by atoms with E-state index < -0.39 is 10.0 Å². The number of hydrogen-bond donors (Lipinski definition) is 2. The summed E-state index contributed by atoms with van der Waals surface area (Å²) in [7, 11) is -3.58. The summed E-state index contributed by atoms with van der Waals surface area (Å²) in [6.45, 7) is 2.42. The smallest absolute Gasteiger partial charge is 0.251 e. The summed E-state index contributed by atoms with van der Waals surface area (Å²) in [5.41, 5.74) is 1.33. The Labute approximate surface area is 147 Å². The highest BCUT2D eigenvalue weighted by atomic mass is 35.5. The van der Waals surface area contributed by atoms with Crippen LogP contribution in [-0.2, 0) is 16.4 Å². The predicted molar refractivity (Wildman–Crippen MR) is 94.8 cm³/mol. The van der Waals surface area contributed by atoms with E-state index in [9.17, 15) is 13.2 Å². The van der Waals surface area contributed by atoms with Gasteiger partial charge < -0.3 is 5.32 Å². The van der Waals surface area contributed by atoms with Crippen LogP contribution in [0.2, 0.25) is 5.02 Å². The molecule has 2 aromatic rings. The molecule has 0 spiro atoms. The topological polar surface area (TPSA) is 75.3 Å². The molecule has 2 aromatic carbocycles. The maximum absolute atomic E-state index is 12.2. The van der Waals surface area contributed by atoms with Crippen molar-refractivity contribution in [3.8, 4) is 0 Å². The second-order valence-corrected chi connectivity index (χ2v) is 7.37. The van der Waals surface area contributed by atoms with Crippen LogP contribution in [0.25, 0.3) is 0 Å². The Morgan fingerprint density at radius 3 is 2.58 bits per heavy atom. The molecular formula is C17H19ClN2O3S. The Morgan fingerprint density at radius 1 is 1.12 bits per heavy atom. The van der Waals surface area contributed by atoms with E-state index in [-0.39, 0.29) is 10.8 Å². The molecule has 0 aromatic heterocycles. The van der Waals surface area contributed by atoms with Crippen LogP contribution in [0.5, 0.6) is 0 Å². The summed E-state index contributed by atoms with van der Waals surface area (Å²) < 4.78 is 26.4. The number of rotatable bonds is 7. The number of benzene rings is 2. The fraction of sp³-hybridized carbons (Fsp3) is 0.235. The van der Waals surface area contributed by atoms with Gasteiger partial charge in [0.25, 0.3) is 5.91 Å². The van der Waals surface area contributed by atoms with Crippen molar-refractivity contribution in [1.29, 1.82) is 0 Å². The maximum Gasteiger partial charge on any atom is 0.251 e. The summed E-state index contributed by atoms with van der Waals surface area (Å²) in [6, 6.07) is 13.4. The SMILES string of the molecule is CCNS(=O)(=O)c1cccc(C(=O)NCCc2cccc(Cl)c2)c1. The fourth-order valence-corrected chi connectivity index (χ4v) is 3.49. The Bertz CT molecular complexity index is 822. The molecular weight excluding hydrogens is 348 g/mol. The van der Waals surface area contributed by atoms with Crippen LogP contribution >= 0.6 is 11.6 Å². The molecule has 24 heavy (non-hydrogen) atoms. The molecule has 2 rings (SSSR count). The second-order valence-electron chi connectivity index (χ2n) is 5.16. The molecule has 0 fully saturated rings. The number of amides is 1. The lowest BCUT2D eigenvalue weighted by atomic mass is 10.1. The zero-order chi connectivity index (χ0) is 17.6. The van der Waals surface area contributed by atoms with E-state index in [0.717, 1.165) is 5.56 Å². The number of halogens is 1. The van der Waals surface area contributed by atoms with E-state index in [1.54, 1.807) is 25.1 Å². The Morgan fingerprint density at radius 2 is 1.88 bits per heavy atom. The van der Waals surface area contributed by atoms with Gasteiger partial charge in [0.1, 0.15) is 0 Å². The van der Waals surface area contributed by atoms with Gasteiger partial charge in [0.05, 0.1) is 4.90 Å². The van der Waals surface area contributed by atoms with Crippen LogP contribution < -0.4 is 10.0 Å². The van der Waals surface area contributed by atoms with E-state index >= 15 is 0 Å². The third-order valence-electron chi connectivity index (χ3n) is 3.33. The lowest BCUT2D eigenvalue weighted by Gasteiger charge is -2.08. The van der Waals surface area contributed by atoms with Crippen molar-refractivity contribution in [2.45, 2.75) is 18.2 Å². The molecule has 0 unspecified atom stereocenters. The minimum atomic E-state index is -3.58. The van der Waals surface area contributed by atoms with Crippen LogP contribution in [0.4, 0.5) is 0 Å². The van der Waals surface area contributed by atoms with E-state index in [1.165, 1.54) is 12.1 Å². The first-order valence-electron chi connectivity index (χ1n) is 7.55. The van der Waals surface area contributed by atoms with Crippen LogP contribution in [0.15, 0.2) is 53.4 Å². The summed E-state index contributed by atoms with van der Waals surface area (Å²) in [5, 5.41) is 3.43. The Balaban J connectivity index is 2.00. The van der Waals surface area contributed by atoms with Crippen LogP contribution in [0.3, 0.4) is 0 Å². The minimum Gasteiger partial charge on any atom is -0.352 e. The zero-order valence-corrected chi connectivity index (χ0v) is 14.8. The van der Waals surface area contributed by atoms with Crippen LogP contribution in [0, 0.1) is 0 Å². The molecule has 0 aliphatic heterocycles. The van der Waals surface area contributed by atoms with Gasteiger partial charge >= 0.3 is 0 Å². The monoisotopic (exact) mass is 366 g/mol. The number of hydrogen-bond acceptors (Lipinski definition) is 3. The van der Waals surface area contributed by atoms with E-state index in [0.29, 0.717) is 30.1 Å². The summed E-state index contributed by atoms with van der Waals surface area (Å²) in [6.07, 6.45) is 0.641. The predicted octanol–water partition coefficient (Wildman–Crippen LogP) is 2.61. The summed E-state index contributed by atoms with van der Waals surface area (Å²) in [5.74, 6) is -0.314. The number of carbonyl (C=O) groups is 1. The molecule has 0 radical (unpaired) electrons. The fourth-order valence-electron chi connectivity index (χ4n) is 2.19. The highest BCUT2D eigenvalue weighted by Gasteiger charge is 2.15. The first-order valence-corrected chi connectivity index (χ1v) is 9.41. The van der Waals surface area contributed by atoms with Crippen molar-refractivity contribution in [3.63, 3.8) is 0 Å². The van der Waals surface area contributed by atoms with Gasteiger partial charge in [-0.15, -0.1) is 0 Å². The quantitative estimate of drug-likeness (QED) is 0.790. The molecule has 0 saturated heterocycles. The lowest BCUT2D eigenvalue weighted by Crippen LogP contribution is -2.27. The van der Waals surface area contributed by atoms with Gasteiger partial charge in [0.2, 0.25) is 10.0 Å². The average Bonchev–Trinajstić information content (AvgIpc) is 2.55. The van der Waals surface area contributed by atoms with Crippen molar-refractivity contribution in [3.05, 3.63) is 64.7 Å². The Kier molecular flexibility index (Phi) is 6.36. The van der Waals surface area contributed by atoms with E-state index in [2.05, 4.69) is 10.0 Å².